The van der Waals surface area contributed by atoms with E-state index in [4.69, 9.17) is 4.52 Å². The van der Waals surface area contributed by atoms with E-state index in [1.165, 1.54) is 6.26 Å². The van der Waals surface area contributed by atoms with Crippen molar-refractivity contribution in [3.8, 4) is 11.1 Å². The quantitative estimate of drug-likeness (QED) is 0.806. The fourth-order valence-corrected chi connectivity index (χ4v) is 1.34. The van der Waals surface area contributed by atoms with E-state index in [0.717, 1.165) is 5.56 Å². The second kappa shape index (κ2) is 3.96. The molecule has 0 aliphatic heterocycles. The highest BCUT2D eigenvalue weighted by atomic mass is 16.5. The molecule has 0 bridgehead atoms. The highest BCUT2D eigenvalue weighted by Gasteiger charge is 2.15. The second-order valence-electron chi connectivity index (χ2n) is 3.02. The van der Waals surface area contributed by atoms with Crippen molar-refractivity contribution >= 4 is 5.91 Å². The summed E-state index contributed by atoms with van der Waals surface area (Å²) in [7, 11) is 1.56. The van der Waals surface area contributed by atoms with Crippen LogP contribution in [0.5, 0.6) is 0 Å². The number of rotatable bonds is 2. The van der Waals surface area contributed by atoms with Crippen molar-refractivity contribution in [1.29, 1.82) is 0 Å². The predicted molar refractivity (Wildman–Crippen MR) is 55.3 cm³/mol. The summed E-state index contributed by atoms with van der Waals surface area (Å²) in [5.74, 6) is -0.248. The molecule has 4 heteroatoms. The maximum absolute atomic E-state index is 11.4. The van der Waals surface area contributed by atoms with E-state index in [-0.39, 0.29) is 5.91 Å². The van der Waals surface area contributed by atoms with Gasteiger partial charge >= 0.3 is 0 Å². The van der Waals surface area contributed by atoms with E-state index in [1.54, 1.807) is 7.05 Å². The number of nitrogens with zero attached hydrogens (tertiary/aromatic N) is 1. The Morgan fingerprint density at radius 1 is 1.33 bits per heavy atom. The van der Waals surface area contributed by atoms with E-state index in [0.29, 0.717) is 11.3 Å². The van der Waals surface area contributed by atoms with Gasteiger partial charge in [-0.15, -0.1) is 0 Å². The van der Waals surface area contributed by atoms with Crippen LogP contribution in [0.2, 0.25) is 0 Å². The topological polar surface area (TPSA) is 55.1 Å². The third-order valence-corrected chi connectivity index (χ3v) is 2.10. The minimum Gasteiger partial charge on any atom is -0.363 e. The van der Waals surface area contributed by atoms with Crippen LogP contribution in [0.1, 0.15) is 10.5 Å². The summed E-state index contributed by atoms with van der Waals surface area (Å²) >= 11 is 0. The molecule has 1 aromatic heterocycles. The molecule has 1 N–H and O–H groups in total. The lowest BCUT2D eigenvalue weighted by Crippen LogP contribution is -2.18. The first kappa shape index (κ1) is 9.45. The van der Waals surface area contributed by atoms with Crippen molar-refractivity contribution in [2.45, 2.75) is 0 Å². The third kappa shape index (κ3) is 1.74. The number of aromatic nitrogens is 1. The van der Waals surface area contributed by atoms with Gasteiger partial charge in [-0.1, -0.05) is 35.5 Å². The number of amides is 1. The summed E-state index contributed by atoms with van der Waals surface area (Å²) in [6, 6.07) is 9.51. The second-order valence-corrected chi connectivity index (χ2v) is 3.02. The summed E-state index contributed by atoms with van der Waals surface area (Å²) in [5.41, 5.74) is 1.93. The Hall–Kier alpha value is -2.10. The van der Waals surface area contributed by atoms with E-state index >= 15 is 0 Å². The SMILES string of the molecule is CNC(=O)c1nocc1-c1ccccc1. The molecule has 1 heterocycles. The van der Waals surface area contributed by atoms with Crippen LogP contribution in [0.3, 0.4) is 0 Å². The largest absolute Gasteiger partial charge is 0.363 e. The number of carbonyl (C=O) groups excluding carboxylic acids is 1. The van der Waals surface area contributed by atoms with Crippen molar-refractivity contribution in [3.63, 3.8) is 0 Å². The average molecular weight is 202 g/mol. The molecule has 0 unspecified atom stereocenters. The average Bonchev–Trinajstić information content (AvgIpc) is 2.78. The zero-order valence-corrected chi connectivity index (χ0v) is 8.23. The molecule has 0 atom stereocenters. The predicted octanol–water partition coefficient (Wildman–Crippen LogP) is 1.70. The van der Waals surface area contributed by atoms with Crippen LogP contribution in [0.15, 0.2) is 41.1 Å². The van der Waals surface area contributed by atoms with E-state index in [2.05, 4.69) is 10.5 Å². The minimum absolute atomic E-state index is 0.248. The van der Waals surface area contributed by atoms with Crippen molar-refractivity contribution in [1.82, 2.24) is 10.5 Å². The van der Waals surface area contributed by atoms with Gasteiger partial charge < -0.3 is 9.84 Å². The highest BCUT2D eigenvalue weighted by Crippen LogP contribution is 2.22. The van der Waals surface area contributed by atoms with Gasteiger partial charge in [0.1, 0.15) is 6.26 Å². The normalized spacial score (nSPS) is 9.93. The lowest BCUT2D eigenvalue weighted by Gasteiger charge is -1.99. The zero-order chi connectivity index (χ0) is 10.7. The lowest BCUT2D eigenvalue weighted by atomic mass is 10.1. The number of hydrogen-bond acceptors (Lipinski definition) is 3. The Bertz CT molecular complexity index is 462. The molecule has 0 spiro atoms. The first-order valence-corrected chi connectivity index (χ1v) is 4.55. The highest BCUT2D eigenvalue weighted by molar-refractivity contribution is 5.98. The summed E-state index contributed by atoms with van der Waals surface area (Å²) in [4.78, 5) is 11.4. The minimum atomic E-state index is -0.248. The first-order chi connectivity index (χ1) is 7.33. The van der Waals surface area contributed by atoms with Crippen molar-refractivity contribution in [3.05, 3.63) is 42.3 Å². The molecule has 1 aromatic carbocycles. The van der Waals surface area contributed by atoms with Crippen LogP contribution >= 0.6 is 0 Å². The molecule has 0 aliphatic carbocycles. The van der Waals surface area contributed by atoms with Crippen LogP contribution in [-0.2, 0) is 0 Å². The molecule has 2 rings (SSSR count). The van der Waals surface area contributed by atoms with Gasteiger partial charge in [-0.25, -0.2) is 0 Å². The molecular weight excluding hydrogens is 192 g/mol. The molecule has 4 nitrogen and oxygen atoms in total. The molecule has 0 fully saturated rings. The maximum atomic E-state index is 11.4. The summed E-state index contributed by atoms with van der Waals surface area (Å²) in [6.07, 6.45) is 1.47. The Kier molecular flexibility index (Phi) is 2.49. The fraction of sp³-hybridized carbons (Fsp3) is 0.0909. The van der Waals surface area contributed by atoms with Gasteiger partial charge in [0.25, 0.3) is 5.91 Å². The number of nitrogens with one attached hydrogen (secondary N) is 1. The standard InChI is InChI=1S/C11H10N2O2/c1-12-11(14)10-9(7-15-13-10)8-5-3-2-4-6-8/h2-7H,1H3,(H,12,14). The Labute approximate surface area is 86.9 Å². The van der Waals surface area contributed by atoms with Crippen LogP contribution in [0.25, 0.3) is 11.1 Å². The van der Waals surface area contributed by atoms with E-state index < -0.39 is 0 Å². The molecule has 0 saturated heterocycles. The number of carbonyl (C=O) groups is 1. The number of benzene rings is 1. The molecule has 0 saturated carbocycles. The Morgan fingerprint density at radius 2 is 2.07 bits per heavy atom. The number of hydrogen-bond donors (Lipinski definition) is 1. The summed E-state index contributed by atoms with van der Waals surface area (Å²) in [6.45, 7) is 0. The van der Waals surface area contributed by atoms with Crippen molar-refractivity contribution in [2.75, 3.05) is 7.05 Å². The lowest BCUT2D eigenvalue weighted by molar-refractivity contribution is 0.0954. The van der Waals surface area contributed by atoms with Gasteiger partial charge in [-0.3, -0.25) is 4.79 Å². The van der Waals surface area contributed by atoms with Gasteiger partial charge in [-0.2, -0.15) is 0 Å². The third-order valence-electron chi connectivity index (χ3n) is 2.10. The Morgan fingerprint density at radius 3 is 2.73 bits per heavy atom. The Balaban J connectivity index is 2.46. The van der Waals surface area contributed by atoms with Gasteiger partial charge in [-0.05, 0) is 5.56 Å². The van der Waals surface area contributed by atoms with Crippen LogP contribution < -0.4 is 5.32 Å². The molecule has 2 aromatic rings. The van der Waals surface area contributed by atoms with Crippen LogP contribution in [0, 0.1) is 0 Å². The first-order valence-electron chi connectivity index (χ1n) is 4.55. The zero-order valence-electron chi connectivity index (χ0n) is 8.23. The molecule has 1 amide bonds. The van der Waals surface area contributed by atoms with E-state index in [1.807, 2.05) is 30.3 Å². The van der Waals surface area contributed by atoms with E-state index in [9.17, 15) is 4.79 Å². The van der Waals surface area contributed by atoms with Gasteiger partial charge in [0.15, 0.2) is 5.69 Å². The fourth-order valence-electron chi connectivity index (χ4n) is 1.34. The smallest absolute Gasteiger partial charge is 0.273 e. The van der Waals surface area contributed by atoms with Gasteiger partial charge in [0.2, 0.25) is 0 Å². The monoisotopic (exact) mass is 202 g/mol. The maximum Gasteiger partial charge on any atom is 0.273 e. The van der Waals surface area contributed by atoms with Crippen molar-refractivity contribution < 1.29 is 9.32 Å². The molecule has 0 radical (unpaired) electrons. The van der Waals surface area contributed by atoms with Crippen LogP contribution in [0.4, 0.5) is 0 Å². The molecule has 0 aliphatic rings. The van der Waals surface area contributed by atoms with Crippen molar-refractivity contribution in [2.24, 2.45) is 0 Å². The summed E-state index contributed by atoms with van der Waals surface area (Å²) < 4.78 is 4.81. The van der Waals surface area contributed by atoms with Gasteiger partial charge in [0, 0.05) is 7.05 Å². The van der Waals surface area contributed by atoms with Gasteiger partial charge in [0.05, 0.1) is 5.56 Å². The van der Waals surface area contributed by atoms with Crippen LogP contribution in [-0.4, -0.2) is 18.1 Å². The molecular formula is C11H10N2O2. The summed E-state index contributed by atoms with van der Waals surface area (Å²) in [5, 5.41) is 6.19. The molecule has 15 heavy (non-hydrogen) atoms. The molecule has 76 valence electrons.